The van der Waals surface area contributed by atoms with E-state index in [1.165, 1.54) is 0 Å². The van der Waals surface area contributed by atoms with Crippen molar-refractivity contribution >= 4 is 23.2 Å². The average Bonchev–Trinajstić information content (AvgIpc) is 2.17. The molecule has 0 spiro atoms. The number of Topliss-reactive ketones (excluding diaryl/α,β-unsaturated/α-hetero) is 2. The highest BCUT2D eigenvalue weighted by Crippen LogP contribution is 2.25. The summed E-state index contributed by atoms with van der Waals surface area (Å²) in [6.45, 7) is 3.46. The highest BCUT2D eigenvalue weighted by molar-refractivity contribution is 6.39. The SMILES string of the molecule is CCCC(=O)C(=COCC)C(=O)C(F)(F)Cl. The van der Waals surface area contributed by atoms with Crippen LogP contribution in [0.25, 0.3) is 0 Å². The molecular weight excluding hydrogens is 242 g/mol. The zero-order chi connectivity index (χ0) is 12.8. The summed E-state index contributed by atoms with van der Waals surface area (Å²) in [6, 6.07) is 0. The van der Waals surface area contributed by atoms with Crippen molar-refractivity contribution < 1.29 is 23.1 Å². The monoisotopic (exact) mass is 254 g/mol. The van der Waals surface area contributed by atoms with E-state index in [4.69, 9.17) is 0 Å². The van der Waals surface area contributed by atoms with Gasteiger partial charge in [0, 0.05) is 6.42 Å². The van der Waals surface area contributed by atoms with Gasteiger partial charge in [-0.1, -0.05) is 6.92 Å². The van der Waals surface area contributed by atoms with Crippen molar-refractivity contribution in [1.29, 1.82) is 0 Å². The van der Waals surface area contributed by atoms with Gasteiger partial charge in [0.2, 0.25) is 0 Å². The summed E-state index contributed by atoms with van der Waals surface area (Å²) in [7, 11) is 0. The average molecular weight is 255 g/mol. The molecule has 0 rings (SSSR count). The Labute approximate surface area is 97.4 Å². The van der Waals surface area contributed by atoms with E-state index in [0.717, 1.165) is 6.26 Å². The maximum atomic E-state index is 12.6. The Morgan fingerprint density at radius 3 is 2.31 bits per heavy atom. The predicted molar refractivity (Wildman–Crippen MR) is 55.4 cm³/mol. The summed E-state index contributed by atoms with van der Waals surface area (Å²) in [6.07, 6.45) is 1.19. The smallest absolute Gasteiger partial charge is 0.385 e. The molecule has 0 atom stereocenters. The fraction of sp³-hybridized carbons (Fsp3) is 0.600. The molecule has 0 aliphatic carbocycles. The number of carbonyl (C=O) groups excluding carboxylic acids is 2. The lowest BCUT2D eigenvalue weighted by Gasteiger charge is -2.09. The number of hydrogen-bond acceptors (Lipinski definition) is 3. The van der Waals surface area contributed by atoms with Gasteiger partial charge in [0.25, 0.3) is 5.78 Å². The van der Waals surface area contributed by atoms with Gasteiger partial charge in [-0.25, -0.2) is 0 Å². The largest absolute Gasteiger partial charge is 0.501 e. The number of ether oxygens (including phenoxy) is 1. The Morgan fingerprint density at radius 1 is 1.38 bits per heavy atom. The maximum Gasteiger partial charge on any atom is 0.385 e. The molecule has 92 valence electrons. The summed E-state index contributed by atoms with van der Waals surface area (Å²) in [5, 5.41) is -4.08. The molecule has 6 heteroatoms. The van der Waals surface area contributed by atoms with Crippen LogP contribution in [0.4, 0.5) is 8.78 Å². The normalized spacial score (nSPS) is 12.4. The van der Waals surface area contributed by atoms with Gasteiger partial charge in [0.15, 0.2) is 5.78 Å². The van der Waals surface area contributed by atoms with E-state index in [1.54, 1.807) is 13.8 Å². The van der Waals surface area contributed by atoms with Crippen LogP contribution in [0.15, 0.2) is 11.8 Å². The molecule has 0 radical (unpaired) electrons. The molecule has 0 fully saturated rings. The van der Waals surface area contributed by atoms with Crippen molar-refractivity contribution in [1.82, 2.24) is 0 Å². The molecule has 0 unspecified atom stereocenters. The van der Waals surface area contributed by atoms with E-state index < -0.39 is 22.5 Å². The van der Waals surface area contributed by atoms with Crippen molar-refractivity contribution in [2.45, 2.75) is 32.1 Å². The van der Waals surface area contributed by atoms with Gasteiger partial charge in [-0.2, -0.15) is 8.78 Å². The van der Waals surface area contributed by atoms with Crippen molar-refractivity contribution in [2.75, 3.05) is 6.61 Å². The van der Waals surface area contributed by atoms with Gasteiger partial charge in [0.05, 0.1) is 12.9 Å². The van der Waals surface area contributed by atoms with E-state index in [-0.39, 0.29) is 13.0 Å². The van der Waals surface area contributed by atoms with Crippen LogP contribution >= 0.6 is 11.6 Å². The van der Waals surface area contributed by atoms with E-state index in [0.29, 0.717) is 6.42 Å². The number of allylic oxidation sites excluding steroid dienone is 1. The Hall–Kier alpha value is -0.970. The van der Waals surface area contributed by atoms with Crippen LogP contribution in [0.1, 0.15) is 26.7 Å². The van der Waals surface area contributed by atoms with Crippen LogP contribution in [0.3, 0.4) is 0 Å². The number of halogens is 3. The maximum absolute atomic E-state index is 12.6. The topological polar surface area (TPSA) is 43.4 Å². The van der Waals surface area contributed by atoms with E-state index in [1.807, 2.05) is 0 Å². The second-order valence-corrected chi connectivity index (χ2v) is 3.46. The summed E-state index contributed by atoms with van der Waals surface area (Å²) in [4.78, 5) is 22.5. The molecule has 0 heterocycles. The van der Waals surface area contributed by atoms with Gasteiger partial charge < -0.3 is 4.74 Å². The molecule has 0 amide bonds. The Morgan fingerprint density at radius 2 is 1.94 bits per heavy atom. The van der Waals surface area contributed by atoms with Crippen LogP contribution in [0, 0.1) is 0 Å². The first-order valence-electron chi connectivity index (χ1n) is 4.81. The third-order valence-electron chi connectivity index (χ3n) is 1.65. The van der Waals surface area contributed by atoms with Crippen LogP contribution < -0.4 is 0 Å². The fourth-order valence-corrected chi connectivity index (χ4v) is 1.03. The lowest BCUT2D eigenvalue weighted by molar-refractivity contribution is -0.132. The fourth-order valence-electron chi connectivity index (χ4n) is 0.927. The Bertz CT molecular complexity index is 295. The molecule has 3 nitrogen and oxygen atoms in total. The molecule has 0 N–H and O–H groups in total. The first-order valence-corrected chi connectivity index (χ1v) is 5.18. The van der Waals surface area contributed by atoms with Crippen molar-refractivity contribution in [2.24, 2.45) is 0 Å². The van der Waals surface area contributed by atoms with E-state index in [2.05, 4.69) is 16.3 Å². The van der Waals surface area contributed by atoms with Gasteiger partial charge in [-0.05, 0) is 24.9 Å². The molecule has 16 heavy (non-hydrogen) atoms. The second kappa shape index (κ2) is 6.58. The highest BCUT2D eigenvalue weighted by atomic mass is 35.5. The minimum atomic E-state index is -4.08. The molecule has 0 aromatic rings. The summed E-state index contributed by atoms with van der Waals surface area (Å²) in [5.74, 6) is -2.41. The quantitative estimate of drug-likeness (QED) is 0.231. The lowest BCUT2D eigenvalue weighted by Crippen LogP contribution is -2.27. The first kappa shape index (κ1) is 15.0. The third-order valence-corrected chi connectivity index (χ3v) is 1.82. The predicted octanol–water partition coefficient (Wildman–Crippen LogP) is 2.68. The molecule has 0 bridgehead atoms. The minimum absolute atomic E-state index is 0.00236. The Balaban J connectivity index is 4.96. The van der Waals surface area contributed by atoms with Crippen molar-refractivity contribution in [3.05, 3.63) is 11.8 Å². The van der Waals surface area contributed by atoms with Crippen LogP contribution in [-0.2, 0) is 14.3 Å². The molecule has 0 aliphatic rings. The van der Waals surface area contributed by atoms with Gasteiger partial charge in [-0.15, -0.1) is 0 Å². The number of ketones is 2. The van der Waals surface area contributed by atoms with Gasteiger partial charge in [0.1, 0.15) is 5.57 Å². The summed E-state index contributed by atoms with van der Waals surface area (Å²) in [5.41, 5.74) is -0.691. The van der Waals surface area contributed by atoms with Crippen LogP contribution in [0.5, 0.6) is 0 Å². The number of hydrogen-bond donors (Lipinski definition) is 0. The lowest BCUT2D eigenvalue weighted by atomic mass is 10.0. The highest BCUT2D eigenvalue weighted by Gasteiger charge is 2.40. The molecule has 0 aliphatic heterocycles. The molecule has 0 aromatic carbocycles. The molecule has 0 saturated heterocycles. The number of carbonyl (C=O) groups is 2. The summed E-state index contributed by atoms with van der Waals surface area (Å²) >= 11 is 4.57. The standard InChI is InChI=1S/C10H13ClF2O3/c1-3-5-8(14)7(6-16-4-2)9(15)10(11,12)13/h6H,3-5H2,1-2H3. The van der Waals surface area contributed by atoms with Gasteiger partial charge >= 0.3 is 5.38 Å². The molecular formula is C10H13ClF2O3. The zero-order valence-corrected chi connectivity index (χ0v) is 9.81. The minimum Gasteiger partial charge on any atom is -0.501 e. The number of alkyl halides is 3. The van der Waals surface area contributed by atoms with E-state index >= 15 is 0 Å². The first-order chi connectivity index (χ1) is 7.34. The number of rotatable bonds is 7. The summed E-state index contributed by atoms with van der Waals surface area (Å²) < 4.78 is 29.8. The van der Waals surface area contributed by atoms with Crippen molar-refractivity contribution in [3.63, 3.8) is 0 Å². The van der Waals surface area contributed by atoms with E-state index in [9.17, 15) is 18.4 Å². The van der Waals surface area contributed by atoms with Crippen LogP contribution in [0.2, 0.25) is 0 Å². The van der Waals surface area contributed by atoms with Gasteiger partial charge in [-0.3, -0.25) is 9.59 Å². The van der Waals surface area contributed by atoms with Crippen LogP contribution in [-0.4, -0.2) is 23.6 Å². The second-order valence-electron chi connectivity index (χ2n) is 2.99. The third kappa shape index (κ3) is 4.70. The Kier molecular flexibility index (Phi) is 6.18. The van der Waals surface area contributed by atoms with Crippen molar-refractivity contribution in [3.8, 4) is 0 Å². The zero-order valence-electron chi connectivity index (χ0n) is 9.06. The molecule has 0 saturated carbocycles. The molecule has 0 aromatic heterocycles.